The Morgan fingerprint density at radius 2 is 2.50 bits per heavy atom. The summed E-state index contributed by atoms with van der Waals surface area (Å²) < 4.78 is 7.10. The van der Waals surface area contributed by atoms with Gasteiger partial charge in [-0.15, -0.1) is 0 Å². The number of nitrogen functional groups attached to an aromatic ring is 1. The Labute approximate surface area is 96.2 Å². The summed E-state index contributed by atoms with van der Waals surface area (Å²) in [6, 6.07) is 0.461. The zero-order valence-electron chi connectivity index (χ0n) is 9.80. The van der Waals surface area contributed by atoms with Gasteiger partial charge in [0.15, 0.2) is 0 Å². The first-order valence-electron chi connectivity index (χ1n) is 5.80. The van der Waals surface area contributed by atoms with E-state index in [0.717, 1.165) is 31.9 Å². The van der Waals surface area contributed by atoms with Crippen molar-refractivity contribution in [3.05, 3.63) is 12.4 Å². The predicted octanol–water partition coefficient (Wildman–Crippen LogP) is 0.749. The van der Waals surface area contributed by atoms with E-state index in [2.05, 4.69) is 10.00 Å². The second-order valence-corrected chi connectivity index (χ2v) is 4.34. The number of nitrogens with zero attached hydrogens (tertiary/aromatic N) is 3. The van der Waals surface area contributed by atoms with E-state index in [1.165, 1.54) is 12.8 Å². The van der Waals surface area contributed by atoms with Crippen LogP contribution in [0.1, 0.15) is 18.9 Å². The van der Waals surface area contributed by atoms with E-state index in [4.69, 9.17) is 10.5 Å². The number of likely N-dealkylation sites (tertiary alicyclic amines) is 1. The highest BCUT2D eigenvalue weighted by Gasteiger charge is 2.21. The van der Waals surface area contributed by atoms with Crippen LogP contribution in [-0.4, -0.2) is 48.0 Å². The van der Waals surface area contributed by atoms with Crippen molar-refractivity contribution in [1.82, 2.24) is 14.7 Å². The number of hydrogen-bond donors (Lipinski definition) is 1. The van der Waals surface area contributed by atoms with Crippen LogP contribution in [-0.2, 0) is 4.74 Å². The van der Waals surface area contributed by atoms with E-state index in [-0.39, 0.29) is 0 Å². The van der Waals surface area contributed by atoms with Gasteiger partial charge in [0, 0.05) is 26.4 Å². The van der Waals surface area contributed by atoms with Crippen molar-refractivity contribution >= 4 is 5.69 Å². The molecule has 0 radical (unpaired) electrons. The fraction of sp³-hybridized carbons (Fsp3) is 0.727. The van der Waals surface area contributed by atoms with Crippen LogP contribution in [0, 0.1) is 0 Å². The Morgan fingerprint density at radius 1 is 1.62 bits per heavy atom. The molecule has 2 N–H and O–H groups in total. The van der Waals surface area contributed by atoms with Crippen molar-refractivity contribution in [1.29, 1.82) is 0 Å². The minimum absolute atomic E-state index is 0.461. The number of rotatable bonds is 4. The number of hydrogen-bond acceptors (Lipinski definition) is 4. The third-order valence-electron chi connectivity index (χ3n) is 3.09. The first-order chi connectivity index (χ1) is 7.79. The standard InChI is InChI=1S/C11H20N4O/c1-16-6-5-14-4-2-3-11(9-14)15-8-10(12)7-13-15/h7-8,11H,2-6,9,12H2,1H3. The van der Waals surface area contributed by atoms with Crippen LogP contribution in [0.15, 0.2) is 12.4 Å². The van der Waals surface area contributed by atoms with Gasteiger partial charge >= 0.3 is 0 Å². The maximum atomic E-state index is 5.68. The average molecular weight is 224 g/mol. The molecule has 5 heteroatoms. The van der Waals surface area contributed by atoms with Gasteiger partial charge in [-0.05, 0) is 19.4 Å². The SMILES string of the molecule is COCCN1CCCC(n2cc(N)cn2)C1. The Kier molecular flexibility index (Phi) is 3.79. The quantitative estimate of drug-likeness (QED) is 0.820. The van der Waals surface area contributed by atoms with E-state index in [0.29, 0.717) is 6.04 Å². The molecule has 5 nitrogen and oxygen atoms in total. The summed E-state index contributed by atoms with van der Waals surface area (Å²) in [6.45, 7) is 4.01. The lowest BCUT2D eigenvalue weighted by molar-refractivity contribution is 0.113. The molecule has 1 aromatic heterocycles. The highest BCUT2D eigenvalue weighted by molar-refractivity contribution is 5.30. The van der Waals surface area contributed by atoms with Gasteiger partial charge < -0.3 is 10.5 Å². The molecule has 0 spiro atoms. The maximum absolute atomic E-state index is 5.68. The van der Waals surface area contributed by atoms with Crippen molar-refractivity contribution < 1.29 is 4.74 Å². The van der Waals surface area contributed by atoms with E-state index in [1.54, 1.807) is 13.3 Å². The minimum atomic E-state index is 0.461. The van der Waals surface area contributed by atoms with Gasteiger partial charge in [-0.2, -0.15) is 5.10 Å². The fourth-order valence-corrected chi connectivity index (χ4v) is 2.22. The van der Waals surface area contributed by atoms with Gasteiger partial charge in [0.2, 0.25) is 0 Å². The molecule has 2 rings (SSSR count). The predicted molar refractivity (Wildman–Crippen MR) is 63.2 cm³/mol. The molecule has 1 atom stereocenters. The average Bonchev–Trinajstić information content (AvgIpc) is 2.74. The number of aromatic nitrogens is 2. The van der Waals surface area contributed by atoms with Crippen molar-refractivity contribution in [2.24, 2.45) is 0 Å². The summed E-state index contributed by atoms with van der Waals surface area (Å²) in [4.78, 5) is 2.43. The molecule has 90 valence electrons. The van der Waals surface area contributed by atoms with E-state index >= 15 is 0 Å². The lowest BCUT2D eigenvalue weighted by atomic mass is 10.1. The molecule has 0 saturated carbocycles. The van der Waals surface area contributed by atoms with Crippen LogP contribution in [0.3, 0.4) is 0 Å². The zero-order valence-corrected chi connectivity index (χ0v) is 9.80. The lowest BCUT2D eigenvalue weighted by Crippen LogP contribution is -2.38. The molecule has 0 aliphatic carbocycles. The first-order valence-corrected chi connectivity index (χ1v) is 5.80. The maximum Gasteiger partial charge on any atom is 0.0719 e. The molecule has 0 bridgehead atoms. The van der Waals surface area contributed by atoms with E-state index < -0.39 is 0 Å². The number of piperidine rings is 1. The molecule has 1 fully saturated rings. The normalized spacial score (nSPS) is 22.4. The molecular formula is C11H20N4O. The lowest BCUT2D eigenvalue weighted by Gasteiger charge is -2.32. The molecule has 2 heterocycles. The van der Waals surface area contributed by atoms with Gasteiger partial charge in [-0.3, -0.25) is 9.58 Å². The molecule has 1 saturated heterocycles. The fourth-order valence-electron chi connectivity index (χ4n) is 2.22. The smallest absolute Gasteiger partial charge is 0.0719 e. The van der Waals surface area contributed by atoms with Crippen LogP contribution in [0.4, 0.5) is 5.69 Å². The van der Waals surface area contributed by atoms with Gasteiger partial charge in [0.1, 0.15) is 0 Å². The number of nitrogens with two attached hydrogens (primary N) is 1. The molecule has 0 aromatic carbocycles. The third kappa shape index (κ3) is 2.74. The summed E-state index contributed by atoms with van der Waals surface area (Å²) in [6.07, 6.45) is 6.04. The van der Waals surface area contributed by atoms with Crippen LogP contribution in [0.25, 0.3) is 0 Å². The summed E-state index contributed by atoms with van der Waals surface area (Å²) in [5.41, 5.74) is 6.43. The van der Waals surface area contributed by atoms with Crippen molar-refractivity contribution in [3.63, 3.8) is 0 Å². The summed E-state index contributed by atoms with van der Waals surface area (Å²) in [7, 11) is 1.75. The third-order valence-corrected chi connectivity index (χ3v) is 3.09. The summed E-state index contributed by atoms with van der Waals surface area (Å²) in [5, 5.41) is 4.29. The highest BCUT2D eigenvalue weighted by Crippen LogP contribution is 2.21. The van der Waals surface area contributed by atoms with Gasteiger partial charge in [0.05, 0.1) is 24.5 Å². The van der Waals surface area contributed by atoms with Crippen LogP contribution in [0.5, 0.6) is 0 Å². The van der Waals surface area contributed by atoms with Gasteiger partial charge in [-0.25, -0.2) is 0 Å². The van der Waals surface area contributed by atoms with Crippen molar-refractivity contribution in [2.45, 2.75) is 18.9 Å². The minimum Gasteiger partial charge on any atom is -0.396 e. The number of anilines is 1. The van der Waals surface area contributed by atoms with Crippen LogP contribution >= 0.6 is 0 Å². The molecule has 0 amide bonds. The van der Waals surface area contributed by atoms with Crippen LogP contribution in [0.2, 0.25) is 0 Å². The Morgan fingerprint density at radius 3 is 3.19 bits per heavy atom. The molecule has 16 heavy (non-hydrogen) atoms. The molecule has 1 aliphatic rings. The Bertz CT molecular complexity index is 326. The molecule has 1 unspecified atom stereocenters. The van der Waals surface area contributed by atoms with Gasteiger partial charge in [0.25, 0.3) is 0 Å². The second kappa shape index (κ2) is 5.32. The van der Waals surface area contributed by atoms with E-state index in [9.17, 15) is 0 Å². The second-order valence-electron chi connectivity index (χ2n) is 4.34. The monoisotopic (exact) mass is 224 g/mol. The first kappa shape index (κ1) is 11.4. The summed E-state index contributed by atoms with van der Waals surface area (Å²) >= 11 is 0. The van der Waals surface area contributed by atoms with Crippen molar-refractivity contribution in [2.75, 3.05) is 39.1 Å². The Balaban J connectivity index is 1.91. The number of methoxy groups -OCH3 is 1. The summed E-state index contributed by atoms with van der Waals surface area (Å²) in [5.74, 6) is 0. The number of ether oxygens (including phenoxy) is 1. The zero-order chi connectivity index (χ0) is 11.4. The Hall–Kier alpha value is -1.07. The molecule has 1 aromatic rings. The van der Waals surface area contributed by atoms with Crippen molar-refractivity contribution in [3.8, 4) is 0 Å². The largest absolute Gasteiger partial charge is 0.396 e. The van der Waals surface area contributed by atoms with E-state index in [1.807, 2.05) is 10.9 Å². The topological polar surface area (TPSA) is 56.3 Å². The molecular weight excluding hydrogens is 204 g/mol. The highest BCUT2D eigenvalue weighted by atomic mass is 16.5. The molecule has 1 aliphatic heterocycles. The van der Waals surface area contributed by atoms with Gasteiger partial charge in [-0.1, -0.05) is 0 Å². The van der Waals surface area contributed by atoms with Crippen LogP contribution < -0.4 is 5.73 Å².